The van der Waals surface area contributed by atoms with Crippen LogP contribution in [0, 0.1) is 0 Å². The summed E-state index contributed by atoms with van der Waals surface area (Å²) in [5.41, 5.74) is 1.27. The molecule has 1 amide bonds. The minimum absolute atomic E-state index is 0.181. The van der Waals surface area contributed by atoms with Gasteiger partial charge in [-0.25, -0.2) is 4.98 Å². The molecule has 2 aromatic carbocycles. The van der Waals surface area contributed by atoms with Gasteiger partial charge in [0, 0.05) is 16.1 Å². The number of hydrogen-bond donors (Lipinski definition) is 2. The van der Waals surface area contributed by atoms with Crippen LogP contribution in [-0.2, 0) is 0 Å². The summed E-state index contributed by atoms with van der Waals surface area (Å²) in [7, 11) is 1.57. The van der Waals surface area contributed by atoms with Crippen molar-refractivity contribution < 1.29 is 9.53 Å². The van der Waals surface area contributed by atoms with E-state index in [-0.39, 0.29) is 5.91 Å². The van der Waals surface area contributed by atoms with E-state index in [1.165, 1.54) is 18.1 Å². The van der Waals surface area contributed by atoms with Gasteiger partial charge in [0.15, 0.2) is 5.16 Å². The highest BCUT2D eigenvalue weighted by atomic mass is 32.2. The lowest BCUT2D eigenvalue weighted by molar-refractivity contribution is 0.102. The summed E-state index contributed by atoms with van der Waals surface area (Å²) in [6.07, 6.45) is 1.46. The molecule has 23 heavy (non-hydrogen) atoms. The Morgan fingerprint density at radius 1 is 1.22 bits per heavy atom. The van der Waals surface area contributed by atoms with Crippen molar-refractivity contribution in [2.24, 2.45) is 0 Å². The quantitative estimate of drug-likeness (QED) is 0.752. The summed E-state index contributed by atoms with van der Waals surface area (Å²) in [5.74, 6) is 0.469. The van der Waals surface area contributed by atoms with Crippen molar-refractivity contribution in [3.8, 4) is 5.75 Å². The lowest BCUT2D eigenvalue weighted by Crippen LogP contribution is -2.11. The minimum atomic E-state index is -0.181. The molecule has 6 nitrogen and oxygen atoms in total. The van der Waals surface area contributed by atoms with Gasteiger partial charge in [-0.1, -0.05) is 17.8 Å². The first kappa shape index (κ1) is 15.1. The van der Waals surface area contributed by atoms with E-state index in [0.29, 0.717) is 11.3 Å². The number of nitrogens with zero attached hydrogens (tertiary/aromatic N) is 2. The number of benzene rings is 2. The number of aromatic nitrogens is 3. The fourth-order valence-electron chi connectivity index (χ4n) is 1.93. The molecule has 0 aliphatic rings. The third kappa shape index (κ3) is 3.89. The van der Waals surface area contributed by atoms with E-state index in [0.717, 1.165) is 15.7 Å². The van der Waals surface area contributed by atoms with Gasteiger partial charge in [0.2, 0.25) is 0 Å². The summed E-state index contributed by atoms with van der Waals surface area (Å²) in [6.45, 7) is 0. The highest BCUT2D eigenvalue weighted by Crippen LogP contribution is 2.25. The second kappa shape index (κ2) is 6.97. The number of hydrogen-bond acceptors (Lipinski definition) is 5. The highest BCUT2D eigenvalue weighted by molar-refractivity contribution is 7.99. The molecule has 1 aromatic heterocycles. The van der Waals surface area contributed by atoms with Gasteiger partial charge < -0.3 is 10.1 Å². The monoisotopic (exact) mass is 326 g/mol. The largest absolute Gasteiger partial charge is 0.497 e. The van der Waals surface area contributed by atoms with Crippen LogP contribution in [0.5, 0.6) is 5.75 Å². The number of amides is 1. The maximum atomic E-state index is 12.2. The third-order valence-corrected chi connectivity index (χ3v) is 3.95. The molecule has 0 aliphatic heterocycles. The number of ether oxygens (including phenoxy) is 1. The van der Waals surface area contributed by atoms with Crippen molar-refractivity contribution in [2.75, 3.05) is 12.4 Å². The SMILES string of the molecule is COc1cccc(C(=O)Nc2ccc(Sc3ncn[nH]3)cc2)c1. The Kier molecular flexibility index (Phi) is 4.58. The molecule has 0 unspecified atom stereocenters. The third-order valence-electron chi connectivity index (χ3n) is 3.05. The maximum absolute atomic E-state index is 12.2. The Morgan fingerprint density at radius 3 is 2.74 bits per heavy atom. The van der Waals surface area contributed by atoms with E-state index in [1.807, 2.05) is 24.3 Å². The Morgan fingerprint density at radius 2 is 2.04 bits per heavy atom. The molecule has 0 saturated carbocycles. The molecule has 0 radical (unpaired) electrons. The highest BCUT2D eigenvalue weighted by Gasteiger charge is 2.07. The topological polar surface area (TPSA) is 79.9 Å². The van der Waals surface area contributed by atoms with Crippen LogP contribution < -0.4 is 10.1 Å². The Hall–Kier alpha value is -2.80. The first-order valence-electron chi connectivity index (χ1n) is 6.83. The lowest BCUT2D eigenvalue weighted by Gasteiger charge is -2.07. The van der Waals surface area contributed by atoms with E-state index < -0.39 is 0 Å². The molecular formula is C16H14N4O2S. The molecule has 1 heterocycles. The molecule has 3 rings (SSSR count). The number of nitrogens with one attached hydrogen (secondary N) is 2. The maximum Gasteiger partial charge on any atom is 0.255 e. The van der Waals surface area contributed by atoms with Gasteiger partial charge in [-0.3, -0.25) is 9.89 Å². The number of carbonyl (C=O) groups excluding carboxylic acids is 1. The fourth-order valence-corrected chi connectivity index (χ4v) is 2.62. The van der Waals surface area contributed by atoms with Crippen LogP contribution in [-0.4, -0.2) is 28.2 Å². The number of methoxy groups -OCH3 is 1. The smallest absolute Gasteiger partial charge is 0.255 e. The van der Waals surface area contributed by atoms with Crippen LogP contribution in [0.1, 0.15) is 10.4 Å². The summed E-state index contributed by atoms with van der Waals surface area (Å²) in [5, 5.41) is 10.2. The van der Waals surface area contributed by atoms with Crippen LogP contribution >= 0.6 is 11.8 Å². The van der Waals surface area contributed by atoms with Gasteiger partial charge in [-0.15, -0.1) is 0 Å². The van der Waals surface area contributed by atoms with E-state index in [1.54, 1.807) is 31.4 Å². The van der Waals surface area contributed by atoms with Crippen molar-refractivity contribution in [2.45, 2.75) is 10.1 Å². The Bertz CT molecular complexity index is 788. The van der Waals surface area contributed by atoms with Gasteiger partial charge >= 0.3 is 0 Å². The van der Waals surface area contributed by atoms with Crippen molar-refractivity contribution in [1.29, 1.82) is 0 Å². The van der Waals surface area contributed by atoms with Crippen molar-refractivity contribution in [3.05, 3.63) is 60.4 Å². The normalized spacial score (nSPS) is 10.3. The molecule has 7 heteroatoms. The number of anilines is 1. The van der Waals surface area contributed by atoms with Crippen LogP contribution in [0.25, 0.3) is 0 Å². The molecule has 0 atom stereocenters. The molecule has 0 bridgehead atoms. The molecule has 0 spiro atoms. The van der Waals surface area contributed by atoms with Gasteiger partial charge in [0.05, 0.1) is 7.11 Å². The van der Waals surface area contributed by atoms with Crippen LogP contribution in [0.4, 0.5) is 5.69 Å². The van der Waals surface area contributed by atoms with Crippen LogP contribution in [0.15, 0.2) is 64.9 Å². The van der Waals surface area contributed by atoms with E-state index in [4.69, 9.17) is 4.74 Å². The van der Waals surface area contributed by atoms with Gasteiger partial charge in [0.1, 0.15) is 12.1 Å². The zero-order chi connectivity index (χ0) is 16.1. The average Bonchev–Trinajstić information content (AvgIpc) is 3.09. The van der Waals surface area contributed by atoms with Gasteiger partial charge in [-0.05, 0) is 42.5 Å². The predicted molar refractivity (Wildman–Crippen MR) is 87.9 cm³/mol. The van der Waals surface area contributed by atoms with Crippen molar-refractivity contribution >= 4 is 23.4 Å². The molecule has 3 aromatic rings. The Balaban J connectivity index is 1.66. The zero-order valence-corrected chi connectivity index (χ0v) is 13.1. The number of rotatable bonds is 5. The summed E-state index contributed by atoms with van der Waals surface area (Å²) < 4.78 is 5.12. The number of H-pyrrole nitrogens is 1. The molecule has 0 aliphatic carbocycles. The van der Waals surface area contributed by atoms with Gasteiger partial charge in [-0.2, -0.15) is 5.10 Å². The molecule has 0 saturated heterocycles. The standard InChI is InChI=1S/C16H14N4O2S/c1-22-13-4-2-3-11(9-13)15(21)19-12-5-7-14(8-6-12)23-16-17-10-18-20-16/h2-10H,1H3,(H,19,21)(H,17,18,20). The molecule has 116 valence electrons. The Labute approximate surface area is 137 Å². The summed E-state index contributed by atoms with van der Waals surface area (Å²) in [6, 6.07) is 14.5. The van der Waals surface area contributed by atoms with Crippen LogP contribution in [0.3, 0.4) is 0 Å². The van der Waals surface area contributed by atoms with E-state index in [2.05, 4.69) is 20.5 Å². The average molecular weight is 326 g/mol. The second-order valence-corrected chi connectivity index (χ2v) is 5.67. The lowest BCUT2D eigenvalue weighted by atomic mass is 10.2. The van der Waals surface area contributed by atoms with E-state index in [9.17, 15) is 4.79 Å². The zero-order valence-electron chi connectivity index (χ0n) is 12.3. The second-order valence-electron chi connectivity index (χ2n) is 4.60. The summed E-state index contributed by atoms with van der Waals surface area (Å²) in [4.78, 5) is 17.3. The number of carbonyl (C=O) groups is 1. The molecule has 2 N–H and O–H groups in total. The summed E-state index contributed by atoms with van der Waals surface area (Å²) >= 11 is 1.46. The number of aromatic amines is 1. The fraction of sp³-hybridized carbons (Fsp3) is 0.0625. The van der Waals surface area contributed by atoms with E-state index >= 15 is 0 Å². The first-order chi connectivity index (χ1) is 11.2. The van der Waals surface area contributed by atoms with Gasteiger partial charge in [0.25, 0.3) is 5.91 Å². The van der Waals surface area contributed by atoms with Crippen molar-refractivity contribution in [3.63, 3.8) is 0 Å². The first-order valence-corrected chi connectivity index (χ1v) is 7.65. The predicted octanol–water partition coefficient (Wildman–Crippen LogP) is 3.22. The minimum Gasteiger partial charge on any atom is -0.497 e. The van der Waals surface area contributed by atoms with Crippen molar-refractivity contribution in [1.82, 2.24) is 15.2 Å². The molecule has 0 fully saturated rings. The molecular weight excluding hydrogens is 312 g/mol. The van der Waals surface area contributed by atoms with Crippen LogP contribution in [0.2, 0.25) is 0 Å².